The molecule has 2 N–H and O–H groups in total. The Hall–Kier alpha value is -1.06. The Morgan fingerprint density at radius 3 is 2.40 bits per heavy atom. The van der Waals surface area contributed by atoms with Gasteiger partial charge in [-0.25, -0.2) is 0 Å². The average Bonchev–Trinajstić information content (AvgIpc) is 2.31. The Morgan fingerprint density at radius 2 is 1.93 bits per heavy atom. The van der Waals surface area contributed by atoms with Gasteiger partial charge in [0, 0.05) is 6.54 Å². The fourth-order valence-electron chi connectivity index (χ4n) is 1.29. The standard InChI is InChI=1S/C12H19NO2/c1-3-11(8-13)15-9-10-4-6-12(14-2)7-5-10/h4-7,11H,3,8-9,13H2,1-2H3. The molecule has 0 saturated heterocycles. The van der Waals surface area contributed by atoms with Crippen molar-refractivity contribution < 1.29 is 9.47 Å². The van der Waals surface area contributed by atoms with E-state index < -0.39 is 0 Å². The highest BCUT2D eigenvalue weighted by atomic mass is 16.5. The first-order chi connectivity index (χ1) is 7.30. The van der Waals surface area contributed by atoms with Crippen LogP contribution in [0.1, 0.15) is 18.9 Å². The van der Waals surface area contributed by atoms with Gasteiger partial charge in [-0.05, 0) is 24.1 Å². The van der Waals surface area contributed by atoms with E-state index in [2.05, 4.69) is 6.92 Å². The van der Waals surface area contributed by atoms with E-state index in [0.717, 1.165) is 17.7 Å². The molecule has 1 atom stereocenters. The molecule has 3 heteroatoms. The van der Waals surface area contributed by atoms with E-state index in [-0.39, 0.29) is 6.10 Å². The van der Waals surface area contributed by atoms with Gasteiger partial charge in [-0.3, -0.25) is 0 Å². The number of methoxy groups -OCH3 is 1. The van der Waals surface area contributed by atoms with Crippen LogP contribution in [0.2, 0.25) is 0 Å². The third-order valence-corrected chi connectivity index (χ3v) is 2.36. The van der Waals surface area contributed by atoms with Crippen LogP contribution in [0, 0.1) is 0 Å². The molecule has 0 aliphatic carbocycles. The van der Waals surface area contributed by atoms with Crippen molar-refractivity contribution in [1.29, 1.82) is 0 Å². The van der Waals surface area contributed by atoms with Crippen molar-refractivity contribution in [3.8, 4) is 5.75 Å². The lowest BCUT2D eigenvalue weighted by Gasteiger charge is -2.13. The predicted molar refractivity (Wildman–Crippen MR) is 60.9 cm³/mol. The van der Waals surface area contributed by atoms with Crippen molar-refractivity contribution in [2.45, 2.75) is 26.1 Å². The molecule has 15 heavy (non-hydrogen) atoms. The van der Waals surface area contributed by atoms with Crippen molar-refractivity contribution in [2.75, 3.05) is 13.7 Å². The van der Waals surface area contributed by atoms with E-state index in [0.29, 0.717) is 13.2 Å². The monoisotopic (exact) mass is 209 g/mol. The summed E-state index contributed by atoms with van der Waals surface area (Å²) < 4.78 is 10.7. The molecule has 1 unspecified atom stereocenters. The summed E-state index contributed by atoms with van der Waals surface area (Å²) >= 11 is 0. The first kappa shape index (κ1) is 12.0. The minimum Gasteiger partial charge on any atom is -0.497 e. The summed E-state index contributed by atoms with van der Waals surface area (Å²) in [5, 5.41) is 0. The first-order valence-corrected chi connectivity index (χ1v) is 5.24. The van der Waals surface area contributed by atoms with Crippen LogP contribution >= 0.6 is 0 Å². The van der Waals surface area contributed by atoms with Crippen molar-refractivity contribution in [3.05, 3.63) is 29.8 Å². The van der Waals surface area contributed by atoms with Crippen LogP contribution < -0.4 is 10.5 Å². The molecule has 0 aliphatic rings. The zero-order valence-electron chi connectivity index (χ0n) is 9.40. The van der Waals surface area contributed by atoms with Gasteiger partial charge in [-0.2, -0.15) is 0 Å². The van der Waals surface area contributed by atoms with E-state index in [1.165, 1.54) is 0 Å². The first-order valence-electron chi connectivity index (χ1n) is 5.24. The minimum absolute atomic E-state index is 0.159. The van der Waals surface area contributed by atoms with E-state index >= 15 is 0 Å². The molecule has 0 saturated carbocycles. The van der Waals surface area contributed by atoms with Crippen molar-refractivity contribution in [1.82, 2.24) is 0 Å². The number of ether oxygens (including phenoxy) is 2. The van der Waals surface area contributed by atoms with Gasteiger partial charge in [0.05, 0.1) is 19.8 Å². The van der Waals surface area contributed by atoms with Crippen LogP contribution in [0.5, 0.6) is 5.75 Å². The fourth-order valence-corrected chi connectivity index (χ4v) is 1.29. The Balaban J connectivity index is 2.43. The molecular formula is C12H19NO2. The molecule has 0 aromatic heterocycles. The number of hydrogen-bond acceptors (Lipinski definition) is 3. The van der Waals surface area contributed by atoms with Crippen LogP contribution in [-0.2, 0) is 11.3 Å². The van der Waals surface area contributed by atoms with Crippen LogP contribution in [0.4, 0.5) is 0 Å². The second-order valence-electron chi connectivity index (χ2n) is 3.43. The highest BCUT2D eigenvalue weighted by molar-refractivity contribution is 5.26. The smallest absolute Gasteiger partial charge is 0.118 e. The molecule has 0 fully saturated rings. The Morgan fingerprint density at radius 1 is 1.27 bits per heavy atom. The van der Waals surface area contributed by atoms with E-state index in [1.807, 2.05) is 24.3 Å². The molecule has 0 bridgehead atoms. The summed E-state index contributed by atoms with van der Waals surface area (Å²) in [6.45, 7) is 3.26. The number of benzene rings is 1. The zero-order valence-corrected chi connectivity index (χ0v) is 9.40. The predicted octanol–water partition coefficient (Wildman–Crippen LogP) is 1.95. The Labute approximate surface area is 91.2 Å². The summed E-state index contributed by atoms with van der Waals surface area (Å²) in [4.78, 5) is 0. The van der Waals surface area contributed by atoms with Gasteiger partial charge < -0.3 is 15.2 Å². The van der Waals surface area contributed by atoms with Crippen LogP contribution in [0.3, 0.4) is 0 Å². The maximum Gasteiger partial charge on any atom is 0.118 e. The zero-order chi connectivity index (χ0) is 11.1. The summed E-state index contributed by atoms with van der Waals surface area (Å²) in [7, 11) is 1.66. The third-order valence-electron chi connectivity index (χ3n) is 2.36. The average molecular weight is 209 g/mol. The largest absolute Gasteiger partial charge is 0.497 e. The van der Waals surface area contributed by atoms with Gasteiger partial charge in [0.2, 0.25) is 0 Å². The Kier molecular flexibility index (Phi) is 5.15. The molecule has 1 aromatic rings. The quantitative estimate of drug-likeness (QED) is 0.778. The van der Waals surface area contributed by atoms with Gasteiger partial charge in [0.15, 0.2) is 0 Å². The van der Waals surface area contributed by atoms with Gasteiger partial charge in [-0.15, -0.1) is 0 Å². The molecule has 0 amide bonds. The van der Waals surface area contributed by atoms with Gasteiger partial charge in [-0.1, -0.05) is 19.1 Å². The molecule has 3 nitrogen and oxygen atoms in total. The maximum absolute atomic E-state index is 5.63. The highest BCUT2D eigenvalue weighted by Gasteiger charge is 2.03. The Bertz CT molecular complexity index is 267. The topological polar surface area (TPSA) is 44.5 Å². The van der Waals surface area contributed by atoms with E-state index in [1.54, 1.807) is 7.11 Å². The van der Waals surface area contributed by atoms with E-state index in [9.17, 15) is 0 Å². The van der Waals surface area contributed by atoms with Crippen molar-refractivity contribution >= 4 is 0 Å². The summed E-state index contributed by atoms with van der Waals surface area (Å²) in [6, 6.07) is 7.87. The summed E-state index contributed by atoms with van der Waals surface area (Å²) in [6.07, 6.45) is 1.11. The van der Waals surface area contributed by atoms with Crippen LogP contribution in [-0.4, -0.2) is 19.8 Å². The molecular weight excluding hydrogens is 190 g/mol. The number of nitrogens with two attached hydrogens (primary N) is 1. The molecule has 0 spiro atoms. The van der Waals surface area contributed by atoms with E-state index in [4.69, 9.17) is 15.2 Å². The molecule has 0 aliphatic heterocycles. The third kappa shape index (κ3) is 3.90. The molecule has 84 valence electrons. The fraction of sp³-hybridized carbons (Fsp3) is 0.500. The normalized spacial score (nSPS) is 12.5. The van der Waals surface area contributed by atoms with Gasteiger partial charge in [0.1, 0.15) is 5.75 Å². The molecule has 1 aromatic carbocycles. The number of hydrogen-bond donors (Lipinski definition) is 1. The lowest BCUT2D eigenvalue weighted by molar-refractivity contribution is 0.0441. The lowest BCUT2D eigenvalue weighted by atomic mass is 10.2. The summed E-state index contributed by atoms with van der Waals surface area (Å²) in [5.41, 5.74) is 6.69. The molecule has 0 radical (unpaired) electrons. The number of rotatable bonds is 6. The van der Waals surface area contributed by atoms with Crippen molar-refractivity contribution in [3.63, 3.8) is 0 Å². The minimum atomic E-state index is 0.159. The van der Waals surface area contributed by atoms with Crippen molar-refractivity contribution in [2.24, 2.45) is 5.73 Å². The SMILES string of the molecule is CCC(CN)OCc1ccc(OC)cc1. The summed E-state index contributed by atoms with van der Waals surface area (Å²) in [5.74, 6) is 0.865. The maximum atomic E-state index is 5.63. The van der Waals surface area contributed by atoms with Gasteiger partial charge in [0.25, 0.3) is 0 Å². The molecule has 0 heterocycles. The lowest BCUT2D eigenvalue weighted by Crippen LogP contribution is -2.22. The second-order valence-corrected chi connectivity index (χ2v) is 3.43. The highest BCUT2D eigenvalue weighted by Crippen LogP contribution is 2.12. The second kappa shape index (κ2) is 6.43. The molecule has 1 rings (SSSR count). The van der Waals surface area contributed by atoms with Crippen LogP contribution in [0.25, 0.3) is 0 Å². The van der Waals surface area contributed by atoms with Crippen LogP contribution in [0.15, 0.2) is 24.3 Å². The van der Waals surface area contributed by atoms with Gasteiger partial charge >= 0.3 is 0 Å².